The van der Waals surface area contributed by atoms with E-state index in [0.29, 0.717) is 5.69 Å². The van der Waals surface area contributed by atoms with E-state index >= 15 is 0 Å². The molecule has 12 heavy (non-hydrogen) atoms. The maximum absolute atomic E-state index is 10.6. The Morgan fingerprint density at radius 1 is 1.58 bits per heavy atom. The van der Waals surface area contributed by atoms with Gasteiger partial charge < -0.3 is 10.4 Å². The van der Waals surface area contributed by atoms with Crippen molar-refractivity contribution < 1.29 is 11.3 Å². The van der Waals surface area contributed by atoms with E-state index in [4.69, 9.17) is 6.48 Å². The molecule has 0 aliphatic carbocycles. The first-order chi connectivity index (χ1) is 6.02. The van der Waals surface area contributed by atoms with E-state index in [1.807, 2.05) is 6.07 Å². The topological polar surface area (TPSA) is 49.3 Å². The normalized spacial score (nSPS) is 15.9. The average Bonchev–Trinajstić information content (AvgIpc) is 2.05. The zero-order valence-electron chi connectivity index (χ0n) is 7.74. The van der Waals surface area contributed by atoms with Crippen molar-refractivity contribution in [2.45, 2.75) is 12.9 Å². The van der Waals surface area contributed by atoms with E-state index in [1.165, 1.54) is 6.92 Å². The second-order valence-electron chi connectivity index (χ2n) is 2.42. The van der Waals surface area contributed by atoms with Gasteiger partial charge in [0.1, 0.15) is 6.02 Å². The number of para-hydroxylation sites is 1. The van der Waals surface area contributed by atoms with E-state index in [1.54, 1.807) is 24.3 Å². The molecular formula is C9H11NO2. The van der Waals surface area contributed by atoms with Crippen molar-refractivity contribution in [3.63, 3.8) is 0 Å². The van der Waals surface area contributed by atoms with Crippen molar-refractivity contribution in [1.82, 2.24) is 0 Å². The van der Waals surface area contributed by atoms with Crippen LogP contribution in [-0.4, -0.2) is 17.1 Å². The van der Waals surface area contributed by atoms with Crippen LogP contribution in [0, 0.1) is 0 Å². The first kappa shape index (κ1) is 7.16. The number of rotatable bonds is 3. The highest BCUT2D eigenvalue weighted by Gasteiger charge is 2.08. The number of benzene rings is 1. The van der Waals surface area contributed by atoms with Gasteiger partial charge in [0.2, 0.25) is 0 Å². The summed E-state index contributed by atoms with van der Waals surface area (Å²) in [5.74, 6) is -1.20. The minimum atomic E-state index is -1.68. The highest BCUT2D eigenvalue weighted by molar-refractivity contribution is 5.76. The molecular weight excluding hydrogens is 154 g/mol. The molecule has 0 saturated carbocycles. The Bertz CT molecular complexity index is 298. The molecule has 2 N–H and O–H groups in total. The Morgan fingerprint density at radius 2 is 2.17 bits per heavy atom. The summed E-state index contributed by atoms with van der Waals surface area (Å²) < 4.78 is 7.41. The van der Waals surface area contributed by atoms with Crippen molar-refractivity contribution in [2.24, 2.45) is 0 Å². The molecule has 0 radical (unpaired) electrons. The van der Waals surface area contributed by atoms with Crippen molar-refractivity contribution in [1.29, 1.82) is 0 Å². The van der Waals surface area contributed by atoms with Gasteiger partial charge in [0, 0.05) is 5.69 Å². The smallest absolute Gasteiger partial charge is 0.325 e. The number of carbonyl (C=O) groups is 1. The predicted molar refractivity (Wildman–Crippen MR) is 47.2 cm³/mol. The lowest BCUT2D eigenvalue weighted by molar-refractivity contribution is -0.137. The summed E-state index contributed by atoms with van der Waals surface area (Å²) in [4.78, 5) is 10.6. The molecule has 0 heterocycles. The molecule has 0 unspecified atom stereocenters. The van der Waals surface area contributed by atoms with Gasteiger partial charge in [-0.15, -0.1) is 0 Å². The molecule has 3 nitrogen and oxygen atoms in total. The van der Waals surface area contributed by atoms with Gasteiger partial charge >= 0.3 is 5.97 Å². The summed E-state index contributed by atoms with van der Waals surface area (Å²) in [5, 5.41) is 11.2. The van der Waals surface area contributed by atoms with E-state index in [2.05, 4.69) is 5.32 Å². The van der Waals surface area contributed by atoms with E-state index in [9.17, 15) is 4.79 Å². The fourth-order valence-corrected chi connectivity index (χ4v) is 0.791. The van der Waals surface area contributed by atoms with Crippen molar-refractivity contribution in [3.8, 4) is 0 Å². The second-order valence-corrected chi connectivity index (χ2v) is 2.42. The largest absolute Gasteiger partial charge is 0.480 e. The van der Waals surface area contributed by atoms with Crippen LogP contribution >= 0.6 is 0 Å². The van der Waals surface area contributed by atoms with Gasteiger partial charge in [-0.3, -0.25) is 4.79 Å². The van der Waals surface area contributed by atoms with E-state index < -0.39 is 12.0 Å². The Kier molecular flexibility index (Phi) is 2.24. The second kappa shape index (κ2) is 3.76. The van der Waals surface area contributed by atoms with Crippen LogP contribution in [-0.2, 0) is 4.79 Å². The molecule has 1 atom stereocenters. The summed E-state index contributed by atoms with van der Waals surface area (Å²) in [7, 11) is 0. The third-order valence-corrected chi connectivity index (χ3v) is 1.43. The van der Waals surface area contributed by atoms with Crippen LogP contribution in [0.3, 0.4) is 0 Å². The summed E-state index contributed by atoms with van der Waals surface area (Å²) in [6, 6.07) is 7.14. The minimum absolute atomic E-state index is 0.627. The predicted octanol–water partition coefficient (Wildman–Crippen LogP) is 1.57. The monoisotopic (exact) mass is 166 g/mol. The van der Waals surface area contributed by atoms with E-state index in [0.717, 1.165) is 0 Å². The molecule has 0 fully saturated rings. The number of nitrogens with one attached hydrogen (secondary N) is 1. The SMILES string of the molecule is [2H][C@@](C)(Nc1ccccc1)C(=O)O. The highest BCUT2D eigenvalue weighted by Crippen LogP contribution is 2.06. The first-order valence-electron chi connectivity index (χ1n) is 4.09. The molecule has 0 amide bonds. The molecule has 1 aromatic rings. The number of aliphatic carboxylic acids is 1. The Hall–Kier alpha value is -1.51. The summed E-state index contributed by atoms with van der Waals surface area (Å²) in [6.07, 6.45) is 0. The van der Waals surface area contributed by atoms with Gasteiger partial charge in [-0.25, -0.2) is 0 Å². The van der Waals surface area contributed by atoms with Gasteiger partial charge in [0.25, 0.3) is 0 Å². The zero-order chi connectivity index (χ0) is 9.90. The number of carboxylic acids is 1. The van der Waals surface area contributed by atoms with Crippen LogP contribution in [0.1, 0.15) is 8.29 Å². The molecule has 1 rings (SSSR count). The number of hydrogen-bond acceptors (Lipinski definition) is 2. The molecule has 3 heteroatoms. The van der Waals surface area contributed by atoms with Crippen molar-refractivity contribution in [3.05, 3.63) is 30.3 Å². The minimum Gasteiger partial charge on any atom is -0.480 e. The van der Waals surface area contributed by atoms with Crippen molar-refractivity contribution in [2.75, 3.05) is 5.32 Å². The molecule has 0 spiro atoms. The van der Waals surface area contributed by atoms with Crippen LogP contribution in [0.4, 0.5) is 5.69 Å². The average molecular weight is 166 g/mol. The van der Waals surface area contributed by atoms with Crippen molar-refractivity contribution >= 4 is 11.7 Å². The molecule has 0 aromatic heterocycles. The molecule has 0 aliphatic heterocycles. The van der Waals surface area contributed by atoms with Gasteiger partial charge in [0.15, 0.2) is 0 Å². The summed E-state index contributed by atoms with van der Waals surface area (Å²) >= 11 is 0. The van der Waals surface area contributed by atoms with Crippen LogP contribution in [0.5, 0.6) is 0 Å². The van der Waals surface area contributed by atoms with Gasteiger partial charge in [-0.1, -0.05) is 18.2 Å². The fourth-order valence-electron chi connectivity index (χ4n) is 0.791. The number of carboxylic acid groups (broad SMARTS) is 1. The van der Waals surface area contributed by atoms with Crippen LogP contribution in [0.25, 0.3) is 0 Å². The summed E-state index contributed by atoms with van der Waals surface area (Å²) in [5.41, 5.74) is 0.627. The summed E-state index contributed by atoms with van der Waals surface area (Å²) in [6.45, 7) is 1.29. The lowest BCUT2D eigenvalue weighted by Gasteiger charge is -2.09. The van der Waals surface area contributed by atoms with Crippen LogP contribution < -0.4 is 5.32 Å². The van der Waals surface area contributed by atoms with Crippen LogP contribution in [0.15, 0.2) is 30.3 Å². The van der Waals surface area contributed by atoms with Crippen LogP contribution in [0.2, 0.25) is 0 Å². The molecule has 0 aliphatic rings. The standard InChI is InChI=1S/C9H11NO2/c1-7(9(11)12)10-8-5-3-2-4-6-8/h2-7,10H,1H3,(H,11,12)/t7-/m0/s1/i7D. The lowest BCUT2D eigenvalue weighted by Crippen LogP contribution is -2.25. The highest BCUT2D eigenvalue weighted by atomic mass is 16.4. The zero-order valence-corrected chi connectivity index (χ0v) is 6.74. The maximum atomic E-state index is 10.6. The fraction of sp³-hybridized carbons (Fsp3) is 0.222. The molecule has 1 aromatic carbocycles. The van der Waals surface area contributed by atoms with Gasteiger partial charge in [0.05, 0.1) is 1.37 Å². The third kappa shape index (κ3) is 2.27. The Labute approximate surface area is 72.4 Å². The number of anilines is 1. The lowest BCUT2D eigenvalue weighted by atomic mass is 10.3. The molecule has 0 bridgehead atoms. The maximum Gasteiger partial charge on any atom is 0.325 e. The quantitative estimate of drug-likeness (QED) is 0.716. The number of hydrogen-bond donors (Lipinski definition) is 2. The molecule has 64 valence electrons. The first-order valence-corrected chi connectivity index (χ1v) is 3.59. The van der Waals surface area contributed by atoms with Gasteiger partial charge in [-0.05, 0) is 19.1 Å². The Morgan fingerprint density at radius 3 is 2.67 bits per heavy atom. The van der Waals surface area contributed by atoms with Gasteiger partial charge in [-0.2, -0.15) is 0 Å². The molecule has 0 saturated heterocycles. The third-order valence-electron chi connectivity index (χ3n) is 1.43. The Balaban J connectivity index is 2.75. The van der Waals surface area contributed by atoms with E-state index in [-0.39, 0.29) is 0 Å².